The summed E-state index contributed by atoms with van der Waals surface area (Å²) < 4.78 is 6.08. The van der Waals surface area contributed by atoms with Crippen LogP contribution in [0.4, 0.5) is 9.80 Å². The monoisotopic (exact) mass is 474 g/mol. The first-order valence-electron chi connectivity index (χ1n) is 10.5. The van der Waals surface area contributed by atoms with Crippen molar-refractivity contribution in [3.05, 3.63) is 34.7 Å². The average molecular weight is 475 g/mol. The molecule has 3 aromatic rings. The molecule has 2 amide bonds. The zero-order valence-corrected chi connectivity index (χ0v) is 19.6. The van der Waals surface area contributed by atoms with Crippen LogP contribution in [0.5, 0.6) is 0 Å². The summed E-state index contributed by atoms with van der Waals surface area (Å²) in [7, 11) is 1.64. The molecule has 3 heterocycles. The van der Waals surface area contributed by atoms with Gasteiger partial charge in [0.25, 0.3) is 0 Å². The molecule has 3 N–H and O–H groups in total. The lowest BCUT2D eigenvalue weighted by Crippen LogP contribution is -2.41. The minimum absolute atomic E-state index is 0.0842. The number of para-hydroxylation sites is 1. The van der Waals surface area contributed by atoms with Crippen LogP contribution in [0.25, 0.3) is 20.8 Å². The number of thiazole rings is 1. The van der Waals surface area contributed by atoms with Crippen LogP contribution in [0.15, 0.2) is 24.3 Å². The third-order valence-corrected chi connectivity index (χ3v) is 7.64. The second-order valence-electron chi connectivity index (χ2n) is 7.70. The Morgan fingerprint density at radius 2 is 2.09 bits per heavy atom. The zero-order chi connectivity index (χ0) is 22.7. The minimum Gasteiger partial charge on any atom is -0.465 e. The molecule has 0 saturated carbocycles. The van der Waals surface area contributed by atoms with Crippen molar-refractivity contribution in [3.63, 3.8) is 0 Å². The first-order chi connectivity index (χ1) is 15.5. The number of hydrogen-bond donors (Lipinski definition) is 3. The van der Waals surface area contributed by atoms with Crippen molar-refractivity contribution < 1.29 is 19.4 Å². The Bertz CT molecular complexity index is 1090. The van der Waals surface area contributed by atoms with Crippen LogP contribution in [0.2, 0.25) is 0 Å². The number of carbonyl (C=O) groups excluding carboxylic acids is 1. The molecule has 1 aliphatic rings. The van der Waals surface area contributed by atoms with E-state index in [-0.39, 0.29) is 11.9 Å². The highest BCUT2D eigenvalue weighted by Gasteiger charge is 2.33. The Kier molecular flexibility index (Phi) is 7.04. The van der Waals surface area contributed by atoms with Crippen LogP contribution >= 0.6 is 22.7 Å². The molecule has 0 saturated heterocycles. The second-order valence-corrected chi connectivity index (χ2v) is 9.84. The van der Waals surface area contributed by atoms with Gasteiger partial charge in [-0.15, -0.1) is 22.7 Å². The van der Waals surface area contributed by atoms with Crippen LogP contribution in [-0.4, -0.2) is 59.8 Å². The van der Waals surface area contributed by atoms with Crippen LogP contribution < -0.4 is 10.6 Å². The molecule has 170 valence electrons. The number of methoxy groups -OCH3 is 1. The van der Waals surface area contributed by atoms with E-state index in [2.05, 4.69) is 10.6 Å². The number of amides is 2. The van der Waals surface area contributed by atoms with Crippen molar-refractivity contribution >= 4 is 49.9 Å². The number of rotatable bonds is 8. The molecule has 0 bridgehead atoms. The van der Waals surface area contributed by atoms with Gasteiger partial charge in [-0.3, -0.25) is 4.79 Å². The maximum Gasteiger partial charge on any atom is 0.407 e. The molecule has 8 nitrogen and oxygen atoms in total. The van der Waals surface area contributed by atoms with Gasteiger partial charge in [-0.25, -0.2) is 9.78 Å². The highest BCUT2D eigenvalue weighted by molar-refractivity contribution is 7.22. The van der Waals surface area contributed by atoms with E-state index in [0.29, 0.717) is 39.1 Å². The summed E-state index contributed by atoms with van der Waals surface area (Å²) in [5, 5.41) is 17.4. The summed E-state index contributed by atoms with van der Waals surface area (Å²) >= 11 is 3.05. The van der Waals surface area contributed by atoms with E-state index in [1.165, 1.54) is 16.2 Å². The Hall–Kier alpha value is -2.53. The largest absolute Gasteiger partial charge is 0.465 e. The fourth-order valence-electron chi connectivity index (χ4n) is 3.81. The lowest BCUT2D eigenvalue weighted by molar-refractivity contribution is -0.116. The summed E-state index contributed by atoms with van der Waals surface area (Å²) in [5.74, 6) is -0.0842. The third kappa shape index (κ3) is 4.78. The van der Waals surface area contributed by atoms with Crippen molar-refractivity contribution in [2.75, 3.05) is 32.1 Å². The Morgan fingerprint density at radius 3 is 2.84 bits per heavy atom. The van der Waals surface area contributed by atoms with Gasteiger partial charge < -0.3 is 25.4 Å². The second kappa shape index (κ2) is 9.95. The summed E-state index contributed by atoms with van der Waals surface area (Å²) in [6.07, 6.45) is 0.00642. The fraction of sp³-hybridized carbons (Fsp3) is 0.409. The van der Waals surface area contributed by atoms with E-state index in [4.69, 9.17) is 9.72 Å². The van der Waals surface area contributed by atoms with Gasteiger partial charge in [-0.2, -0.15) is 0 Å². The number of nitrogens with one attached hydrogen (secondary N) is 2. The molecule has 1 atom stereocenters. The lowest BCUT2D eigenvalue weighted by atomic mass is 9.98. The molecule has 0 spiro atoms. The molecule has 0 fully saturated rings. The van der Waals surface area contributed by atoms with Gasteiger partial charge >= 0.3 is 6.09 Å². The number of benzene rings is 1. The summed E-state index contributed by atoms with van der Waals surface area (Å²) in [6, 6.07) is 7.82. The van der Waals surface area contributed by atoms with Crippen molar-refractivity contribution in [1.82, 2.24) is 15.2 Å². The Morgan fingerprint density at radius 1 is 1.28 bits per heavy atom. The molecule has 0 aliphatic carbocycles. The maximum atomic E-state index is 12.7. The number of fused-ring (bicyclic) bond motifs is 2. The molecule has 10 heteroatoms. The number of aromatic nitrogens is 1. The average Bonchev–Trinajstić information content (AvgIpc) is 3.33. The number of anilines is 1. The first-order valence-corrected chi connectivity index (χ1v) is 12.1. The maximum absolute atomic E-state index is 12.7. The number of nitrogens with zero attached hydrogens (tertiary/aromatic N) is 2. The Balaban J connectivity index is 1.64. The molecule has 4 rings (SSSR count). The van der Waals surface area contributed by atoms with Crippen molar-refractivity contribution in [2.24, 2.45) is 0 Å². The van der Waals surface area contributed by atoms with Crippen molar-refractivity contribution in [3.8, 4) is 10.6 Å². The smallest absolute Gasteiger partial charge is 0.407 e. The van der Waals surface area contributed by atoms with Gasteiger partial charge in [0.2, 0.25) is 5.91 Å². The molecular weight excluding hydrogens is 448 g/mol. The van der Waals surface area contributed by atoms with E-state index in [9.17, 15) is 14.7 Å². The fourth-order valence-corrected chi connectivity index (χ4v) is 6.17. The predicted molar refractivity (Wildman–Crippen MR) is 128 cm³/mol. The normalized spacial score (nSPS) is 15.7. The molecular formula is C22H26N4O4S2. The highest BCUT2D eigenvalue weighted by Crippen LogP contribution is 2.46. The summed E-state index contributed by atoms with van der Waals surface area (Å²) in [5.41, 5.74) is 2.94. The number of hydrogen-bond acceptors (Lipinski definition) is 7. The molecule has 0 radical (unpaired) electrons. The molecule has 32 heavy (non-hydrogen) atoms. The highest BCUT2D eigenvalue weighted by atomic mass is 32.1. The van der Waals surface area contributed by atoms with Gasteiger partial charge in [0.1, 0.15) is 10.0 Å². The van der Waals surface area contributed by atoms with Gasteiger partial charge in [0.05, 0.1) is 23.4 Å². The predicted octanol–water partition coefficient (Wildman–Crippen LogP) is 4.01. The minimum atomic E-state index is -0.925. The molecule has 1 aromatic carbocycles. The van der Waals surface area contributed by atoms with Gasteiger partial charge in [-0.1, -0.05) is 12.1 Å². The van der Waals surface area contributed by atoms with Gasteiger partial charge in [0, 0.05) is 43.1 Å². The van der Waals surface area contributed by atoms with Crippen molar-refractivity contribution in [1.29, 1.82) is 0 Å². The summed E-state index contributed by atoms with van der Waals surface area (Å²) in [4.78, 5) is 31.6. The SMILES string of the molecule is COCCNCCC(=O)Nc1sc2c(c1-c1nc3ccccc3s1)CC(C)N(C(=O)O)C2. The van der Waals surface area contributed by atoms with E-state index in [0.717, 1.165) is 36.2 Å². The van der Waals surface area contributed by atoms with Gasteiger partial charge in [-0.05, 0) is 31.0 Å². The van der Waals surface area contributed by atoms with Crippen LogP contribution in [0, 0.1) is 0 Å². The molecule has 1 aliphatic heterocycles. The first kappa shape index (κ1) is 22.7. The van der Waals surface area contributed by atoms with E-state index in [1.54, 1.807) is 18.4 Å². The number of thiophene rings is 1. The number of carboxylic acid groups (broad SMARTS) is 1. The standard InChI is InChI=1S/C22H26N4O4S2/c1-13-11-14-17(12-26(13)22(28)29)32-21(25-18(27)7-8-23-9-10-30-2)19(14)20-24-15-5-3-4-6-16(15)31-20/h3-6,13,23H,7-12H2,1-2H3,(H,25,27)(H,28,29). The van der Waals surface area contributed by atoms with Crippen molar-refractivity contribution in [2.45, 2.75) is 32.4 Å². The van der Waals surface area contributed by atoms with Crippen LogP contribution in [0.1, 0.15) is 23.8 Å². The molecule has 1 unspecified atom stereocenters. The third-order valence-electron chi connectivity index (χ3n) is 5.45. The Labute approximate surface area is 194 Å². The quantitative estimate of drug-likeness (QED) is 0.426. The van der Waals surface area contributed by atoms with E-state index in [1.807, 2.05) is 31.2 Å². The zero-order valence-electron chi connectivity index (χ0n) is 18.0. The van der Waals surface area contributed by atoms with Gasteiger partial charge in [0.15, 0.2) is 0 Å². The summed E-state index contributed by atoms with van der Waals surface area (Å²) in [6.45, 7) is 4.08. The van der Waals surface area contributed by atoms with E-state index >= 15 is 0 Å². The number of carbonyl (C=O) groups is 2. The lowest BCUT2D eigenvalue weighted by Gasteiger charge is -2.31. The molecule has 2 aromatic heterocycles. The van der Waals surface area contributed by atoms with Crippen LogP contribution in [-0.2, 0) is 22.5 Å². The topological polar surface area (TPSA) is 104 Å². The van der Waals surface area contributed by atoms with E-state index < -0.39 is 6.09 Å². The van der Waals surface area contributed by atoms with Crippen LogP contribution in [0.3, 0.4) is 0 Å². The number of ether oxygens (including phenoxy) is 1.